The summed E-state index contributed by atoms with van der Waals surface area (Å²) >= 11 is 0. The molecule has 1 rings (SSSR count). The lowest BCUT2D eigenvalue weighted by Gasteiger charge is -2.46. The number of esters is 1. The van der Waals surface area contributed by atoms with Gasteiger partial charge in [0, 0.05) is 25.8 Å². The van der Waals surface area contributed by atoms with Crippen LogP contribution >= 0.6 is 0 Å². The van der Waals surface area contributed by atoms with Gasteiger partial charge >= 0.3 is 5.97 Å². The Morgan fingerprint density at radius 2 is 1.38 bits per heavy atom. The molecule has 0 spiro atoms. The average Bonchev–Trinajstić information content (AvgIpc) is 3.52. The zero-order valence-corrected chi connectivity index (χ0v) is 37.1. The Labute approximate surface area is 293 Å². The minimum Gasteiger partial charge on any atom is -0.466 e. The molecule has 0 bridgehead atoms. The van der Waals surface area contributed by atoms with E-state index in [0.717, 1.165) is 38.0 Å². The summed E-state index contributed by atoms with van der Waals surface area (Å²) in [7, 11) is -5.91. The number of aldehydes is 1. The first-order valence-electron chi connectivity index (χ1n) is 18.4. The van der Waals surface area contributed by atoms with Crippen molar-refractivity contribution in [3.8, 4) is 0 Å². The van der Waals surface area contributed by atoms with Crippen molar-refractivity contribution in [3.63, 3.8) is 0 Å². The molecule has 0 heterocycles. The summed E-state index contributed by atoms with van der Waals surface area (Å²) in [6.45, 7) is 40.0. The molecule has 6 nitrogen and oxygen atoms in total. The lowest BCUT2D eigenvalue weighted by Crippen LogP contribution is -2.54. The maximum atomic E-state index is 14.8. The smallest absolute Gasteiger partial charge is 0.308 e. The second-order valence-corrected chi connectivity index (χ2v) is 35.3. The standard InChI is InChI=1S/C38H76O6Si3/c1-28(20-19-22-38(11)27-30(38)21-23-39)33(44-47(17,18)36(6,7)8)29(2)34(41)37(9,10)31(43-46(15,16)35(3,4)5)26-32(40)42-24-25-45(12,13)14/h23,28-31,33H,19-22,24-27H2,1-18H3/t28-,29+,30-,31-,33-,38+/m0/s1. The Kier molecular flexibility index (Phi) is 15.3. The van der Waals surface area contributed by atoms with Crippen LogP contribution in [0.5, 0.6) is 0 Å². The van der Waals surface area contributed by atoms with E-state index in [1.807, 2.05) is 20.8 Å². The molecule has 0 radical (unpaired) electrons. The molecule has 0 amide bonds. The number of rotatable bonds is 20. The fraction of sp³-hybridized carbons (Fsp3) is 0.921. The lowest BCUT2D eigenvalue weighted by molar-refractivity contribution is -0.150. The lowest BCUT2D eigenvalue weighted by atomic mass is 9.73. The Bertz CT molecular complexity index is 1050. The van der Waals surface area contributed by atoms with Gasteiger partial charge in [-0.2, -0.15) is 0 Å². The zero-order valence-electron chi connectivity index (χ0n) is 34.1. The van der Waals surface area contributed by atoms with Crippen LogP contribution in [0.1, 0.15) is 115 Å². The molecule has 0 aliphatic heterocycles. The maximum Gasteiger partial charge on any atom is 0.308 e. The minimum absolute atomic E-state index is 0.000442. The van der Waals surface area contributed by atoms with Crippen molar-refractivity contribution in [3.05, 3.63) is 0 Å². The molecule has 1 saturated carbocycles. The molecule has 0 N–H and O–H groups in total. The quantitative estimate of drug-likeness (QED) is 0.0710. The Morgan fingerprint density at radius 1 is 0.872 bits per heavy atom. The van der Waals surface area contributed by atoms with Crippen molar-refractivity contribution in [2.24, 2.45) is 28.6 Å². The minimum atomic E-state index is -2.34. The molecule has 9 heteroatoms. The predicted octanol–water partition coefficient (Wildman–Crippen LogP) is 10.7. The highest BCUT2D eigenvalue weighted by molar-refractivity contribution is 6.76. The Hall–Kier alpha value is -0.619. The summed E-state index contributed by atoms with van der Waals surface area (Å²) in [5.74, 6) is 0.117. The van der Waals surface area contributed by atoms with E-state index in [2.05, 4.69) is 101 Å². The van der Waals surface area contributed by atoms with Crippen molar-refractivity contribution in [2.45, 2.75) is 189 Å². The topological polar surface area (TPSA) is 78.9 Å². The second kappa shape index (κ2) is 16.2. The SMILES string of the molecule is C[C@@H](CCC[C@]1(C)C[C@@H]1CC=O)[C@H](O[Si](C)(C)C(C)(C)C)[C@@H](C)C(=O)C(C)(C)[C@H](CC(=O)OCC[Si](C)(C)C)O[Si](C)(C)C(C)(C)C. The van der Waals surface area contributed by atoms with Crippen molar-refractivity contribution < 1.29 is 28.0 Å². The molecule has 0 saturated heterocycles. The summed E-state index contributed by atoms with van der Waals surface area (Å²) in [5.41, 5.74) is -0.664. The predicted molar refractivity (Wildman–Crippen MR) is 206 cm³/mol. The van der Waals surface area contributed by atoms with E-state index in [0.29, 0.717) is 18.9 Å². The molecule has 0 unspecified atom stereocenters. The normalized spacial score (nSPS) is 22.3. The number of hydrogen-bond acceptors (Lipinski definition) is 6. The van der Waals surface area contributed by atoms with E-state index in [4.69, 9.17) is 13.6 Å². The van der Waals surface area contributed by atoms with Crippen LogP contribution in [0.4, 0.5) is 0 Å². The molecule has 0 aromatic heterocycles. The molecule has 1 aliphatic rings. The van der Waals surface area contributed by atoms with Crippen molar-refractivity contribution in [1.29, 1.82) is 0 Å². The highest BCUT2D eigenvalue weighted by atomic mass is 28.4. The zero-order chi connectivity index (χ0) is 37.0. The number of carbonyl (C=O) groups excluding carboxylic acids is 3. The molecule has 0 aromatic carbocycles. The fourth-order valence-corrected chi connectivity index (χ4v) is 9.69. The first-order valence-corrected chi connectivity index (χ1v) is 27.9. The molecular weight excluding hydrogens is 637 g/mol. The van der Waals surface area contributed by atoms with Gasteiger partial charge in [-0.1, -0.05) is 102 Å². The van der Waals surface area contributed by atoms with Gasteiger partial charge in [0.2, 0.25) is 0 Å². The number of carbonyl (C=O) groups is 3. The van der Waals surface area contributed by atoms with Crippen molar-refractivity contribution >= 4 is 42.7 Å². The van der Waals surface area contributed by atoms with Gasteiger partial charge in [-0.05, 0) is 78.8 Å². The fourth-order valence-electron chi connectivity index (χ4n) is 6.07. The third kappa shape index (κ3) is 12.9. The first-order chi connectivity index (χ1) is 20.9. The van der Waals surface area contributed by atoms with Crippen LogP contribution in [-0.4, -0.2) is 61.6 Å². The molecule has 6 atom stereocenters. The molecule has 276 valence electrons. The molecule has 1 aliphatic carbocycles. The second-order valence-electron chi connectivity index (χ2n) is 20.1. The van der Waals surface area contributed by atoms with Crippen molar-refractivity contribution in [1.82, 2.24) is 0 Å². The summed E-state index contributed by atoms with van der Waals surface area (Å²) in [6, 6.07) is 0.910. The van der Waals surface area contributed by atoms with Crippen LogP contribution in [0.25, 0.3) is 0 Å². The van der Waals surface area contributed by atoms with Crippen LogP contribution in [0, 0.1) is 28.6 Å². The van der Waals surface area contributed by atoms with E-state index in [1.165, 1.54) is 0 Å². The summed E-state index contributed by atoms with van der Waals surface area (Å²) in [5, 5.41) is -0.0798. The van der Waals surface area contributed by atoms with Crippen LogP contribution < -0.4 is 0 Å². The summed E-state index contributed by atoms with van der Waals surface area (Å²) < 4.78 is 19.9. The number of ether oxygens (including phenoxy) is 1. The van der Waals surface area contributed by atoms with Crippen LogP contribution in [-0.2, 0) is 28.0 Å². The van der Waals surface area contributed by atoms with E-state index < -0.39 is 36.2 Å². The van der Waals surface area contributed by atoms with Gasteiger partial charge in [-0.3, -0.25) is 9.59 Å². The number of hydrogen-bond donors (Lipinski definition) is 0. The maximum absolute atomic E-state index is 14.8. The van der Waals surface area contributed by atoms with Gasteiger partial charge < -0.3 is 18.4 Å². The van der Waals surface area contributed by atoms with Crippen LogP contribution in [0.15, 0.2) is 0 Å². The monoisotopic (exact) mass is 712 g/mol. The van der Waals surface area contributed by atoms with Gasteiger partial charge in [0.1, 0.15) is 12.1 Å². The molecule has 0 aromatic rings. The van der Waals surface area contributed by atoms with Gasteiger partial charge in [0.25, 0.3) is 0 Å². The van der Waals surface area contributed by atoms with E-state index in [1.54, 1.807) is 0 Å². The highest BCUT2D eigenvalue weighted by Crippen LogP contribution is 2.57. The number of ketones is 1. The van der Waals surface area contributed by atoms with E-state index >= 15 is 0 Å². The Morgan fingerprint density at radius 3 is 1.85 bits per heavy atom. The van der Waals surface area contributed by atoms with Gasteiger partial charge in [0.05, 0.1) is 25.2 Å². The highest BCUT2D eigenvalue weighted by Gasteiger charge is 2.51. The molecular formula is C38H76O6Si3. The van der Waals surface area contributed by atoms with Crippen molar-refractivity contribution in [2.75, 3.05) is 6.61 Å². The van der Waals surface area contributed by atoms with Gasteiger partial charge in [0.15, 0.2) is 16.6 Å². The summed E-state index contributed by atoms with van der Waals surface area (Å²) in [6.07, 6.45) is 5.20. The molecule has 1 fully saturated rings. The van der Waals surface area contributed by atoms with Crippen LogP contribution in [0.3, 0.4) is 0 Å². The largest absolute Gasteiger partial charge is 0.466 e. The van der Waals surface area contributed by atoms with Gasteiger partial charge in [-0.25, -0.2) is 0 Å². The van der Waals surface area contributed by atoms with Gasteiger partial charge in [-0.15, -0.1) is 0 Å². The third-order valence-corrected chi connectivity index (χ3v) is 22.8. The third-order valence-electron chi connectivity index (χ3n) is 12.2. The first kappa shape index (κ1) is 44.4. The van der Waals surface area contributed by atoms with E-state index in [-0.39, 0.29) is 51.6 Å². The van der Waals surface area contributed by atoms with E-state index in [9.17, 15) is 14.4 Å². The Balaban J connectivity index is 3.37. The molecule has 47 heavy (non-hydrogen) atoms. The van der Waals surface area contributed by atoms with Crippen LogP contribution in [0.2, 0.25) is 61.9 Å². The summed E-state index contributed by atoms with van der Waals surface area (Å²) in [4.78, 5) is 39.2. The number of Topliss-reactive ketones (excluding diaryl/α,β-unsaturated/α-hetero) is 1. The average molecular weight is 713 g/mol.